The zero-order valence-electron chi connectivity index (χ0n) is 33.8. The van der Waals surface area contributed by atoms with Crippen LogP contribution in [0.3, 0.4) is 0 Å². The van der Waals surface area contributed by atoms with Crippen molar-refractivity contribution in [2.45, 2.75) is 143 Å². The lowest BCUT2D eigenvalue weighted by molar-refractivity contribution is -0.147. The van der Waals surface area contributed by atoms with E-state index in [1.165, 1.54) is 17.4 Å². The molecule has 2 rings (SSSR count). The van der Waals surface area contributed by atoms with Gasteiger partial charge in [-0.05, 0) is 70.6 Å². The Labute approximate surface area is 319 Å². The highest BCUT2D eigenvalue weighted by atomic mass is 32.2. The number of amides is 5. The van der Waals surface area contributed by atoms with E-state index in [0.29, 0.717) is 25.7 Å². The summed E-state index contributed by atoms with van der Waals surface area (Å²) in [5.74, 6) is -2.96. The Balaban J connectivity index is 2.52. The number of hydrogen-bond donors (Lipinski definition) is 4. The minimum Gasteiger partial charge on any atom is -0.346 e. The number of Topliss-reactive ketones (excluding diaryl/α,β-unsaturated/α-hetero) is 1. The second-order valence-corrected chi connectivity index (χ2v) is 18.4. The molecule has 4 N–H and O–H groups in total. The molecule has 302 valence electrons. The molecule has 2 fully saturated rings. The van der Waals surface area contributed by atoms with Crippen LogP contribution < -0.4 is 21.3 Å². The van der Waals surface area contributed by atoms with Crippen LogP contribution >= 0.6 is 0 Å². The fourth-order valence-electron chi connectivity index (χ4n) is 7.71. The molecule has 0 spiro atoms. The molecule has 1 saturated heterocycles. The summed E-state index contributed by atoms with van der Waals surface area (Å²) in [5.41, 5.74) is -0.774. The second kappa shape index (κ2) is 20.4. The van der Waals surface area contributed by atoms with Gasteiger partial charge in [-0.25, -0.2) is 17.5 Å². The maximum atomic E-state index is 15.2. The highest BCUT2D eigenvalue weighted by Crippen LogP contribution is 2.39. The van der Waals surface area contributed by atoms with Gasteiger partial charge in [-0.2, -0.15) is 0 Å². The number of likely N-dealkylation sites (tertiary alicyclic amines) is 1. The quantitative estimate of drug-likeness (QED) is 0.111. The van der Waals surface area contributed by atoms with Gasteiger partial charge < -0.3 is 26.2 Å². The molecular formula is C39H68N6O7S. The Bertz CT molecular complexity index is 1430. The van der Waals surface area contributed by atoms with Crippen LogP contribution in [0.25, 0.3) is 0 Å². The number of nitrogens with zero attached hydrogens (tertiary/aromatic N) is 2. The minimum absolute atomic E-state index is 0.0231. The summed E-state index contributed by atoms with van der Waals surface area (Å²) >= 11 is 0. The summed E-state index contributed by atoms with van der Waals surface area (Å²) < 4.78 is 26.2. The fourth-order valence-corrected chi connectivity index (χ4v) is 8.53. The number of sulfonamides is 1. The molecule has 0 aromatic rings. The normalized spacial score (nSPS) is 20.5. The summed E-state index contributed by atoms with van der Waals surface area (Å²) in [4.78, 5) is 70.9. The van der Waals surface area contributed by atoms with Crippen molar-refractivity contribution < 1.29 is 32.4 Å². The van der Waals surface area contributed by atoms with Crippen LogP contribution in [0.4, 0.5) is 4.79 Å². The molecule has 1 heterocycles. The summed E-state index contributed by atoms with van der Waals surface area (Å²) in [6.45, 7) is 19.3. The maximum absolute atomic E-state index is 15.2. The molecule has 13 nitrogen and oxygen atoms in total. The van der Waals surface area contributed by atoms with E-state index in [1.54, 1.807) is 11.8 Å². The molecule has 1 saturated carbocycles. The number of allylic oxidation sites excluding steroid dienone is 1. The molecule has 1 aliphatic heterocycles. The van der Waals surface area contributed by atoms with Gasteiger partial charge in [0.1, 0.15) is 11.6 Å². The molecule has 5 atom stereocenters. The van der Waals surface area contributed by atoms with E-state index in [-0.39, 0.29) is 49.6 Å². The molecule has 14 heteroatoms. The predicted octanol–water partition coefficient (Wildman–Crippen LogP) is 4.44. The summed E-state index contributed by atoms with van der Waals surface area (Å²) in [5, 5.41) is 11.6. The van der Waals surface area contributed by atoms with Gasteiger partial charge in [0.2, 0.25) is 27.6 Å². The topological polar surface area (TPSA) is 174 Å². The number of rotatable bonds is 19. The fraction of sp³-hybridized carbons (Fsp3) is 0.769. The first-order valence-corrected chi connectivity index (χ1v) is 21.1. The monoisotopic (exact) mass is 764 g/mol. The zero-order chi connectivity index (χ0) is 40.1. The van der Waals surface area contributed by atoms with Crippen LogP contribution in [0.15, 0.2) is 24.3 Å². The zero-order valence-corrected chi connectivity index (χ0v) is 34.6. The van der Waals surface area contributed by atoms with E-state index in [2.05, 4.69) is 27.8 Å². The maximum Gasteiger partial charge on any atom is 0.315 e. The summed E-state index contributed by atoms with van der Waals surface area (Å²) in [6.07, 6.45) is 9.71. The van der Waals surface area contributed by atoms with E-state index in [0.717, 1.165) is 37.7 Å². The highest BCUT2D eigenvalue weighted by Gasteiger charge is 2.53. The van der Waals surface area contributed by atoms with Crippen molar-refractivity contribution >= 4 is 39.6 Å². The Hall–Kier alpha value is -3.26. The lowest BCUT2D eigenvalue weighted by Crippen LogP contribution is -2.68. The van der Waals surface area contributed by atoms with Crippen molar-refractivity contribution in [3.8, 4) is 0 Å². The molecule has 1 aliphatic carbocycles. The number of ketones is 1. The third-order valence-corrected chi connectivity index (χ3v) is 12.7. The van der Waals surface area contributed by atoms with Crippen LogP contribution in [0, 0.1) is 17.3 Å². The van der Waals surface area contributed by atoms with E-state index in [4.69, 9.17) is 0 Å². The third kappa shape index (κ3) is 12.4. The van der Waals surface area contributed by atoms with Crippen LogP contribution in [-0.2, 0) is 29.2 Å². The SMILES string of the molecule is C=CCNC(=O)C(=O)C(CCC)NC(=O)[C@@H]1[C@@H](C=C(C)C)CCN1C(=O)C(CC)(NC(=O)N[C@H](CCN(C)S(=O)(=O)CC)C(C)(C)C)C1CCCCC1. The molecule has 0 bridgehead atoms. The van der Waals surface area contributed by atoms with Crippen molar-refractivity contribution in [1.29, 1.82) is 0 Å². The minimum atomic E-state index is -3.41. The number of hydrogen-bond acceptors (Lipinski definition) is 7. The molecule has 2 unspecified atom stereocenters. The number of nitrogens with one attached hydrogen (secondary N) is 4. The Morgan fingerprint density at radius 2 is 1.60 bits per heavy atom. The van der Waals surface area contributed by atoms with Gasteiger partial charge in [0, 0.05) is 38.6 Å². The lowest BCUT2D eigenvalue weighted by atomic mass is 9.72. The molecule has 0 radical (unpaired) electrons. The van der Waals surface area contributed by atoms with Crippen molar-refractivity contribution in [2.24, 2.45) is 17.3 Å². The number of urea groups is 1. The average Bonchev–Trinajstić information content (AvgIpc) is 3.52. The standard InChI is InChI=1S/C39H68N6O7S/c1-11-18-30(33(46)35(48)40-23-12-2)41-34(47)32-28(26-27(5)6)21-25-45(32)36(49)39(13-3,29-19-16-15-17-20-29)43-37(50)42-31(38(7,8)9)22-24-44(10)53(51,52)14-4/h12,26,28-32H,2,11,13-25H2,1,3-10H3,(H,40,48)(H,41,47)(H2,42,43,50)/t28-,30?,31-,32+,39?/m1/s1. The van der Waals surface area contributed by atoms with Gasteiger partial charge >= 0.3 is 6.03 Å². The number of carbonyl (C=O) groups is 5. The lowest BCUT2D eigenvalue weighted by Gasteiger charge is -2.45. The third-order valence-electron chi connectivity index (χ3n) is 10.9. The molecule has 5 amide bonds. The first-order valence-electron chi connectivity index (χ1n) is 19.5. The first-order chi connectivity index (χ1) is 24.8. The van der Waals surface area contributed by atoms with E-state index in [1.807, 2.05) is 54.5 Å². The van der Waals surface area contributed by atoms with Gasteiger partial charge in [0.05, 0.1) is 11.8 Å². The molecule has 0 aromatic heterocycles. The van der Waals surface area contributed by atoms with Crippen LogP contribution in [0.2, 0.25) is 0 Å². The van der Waals surface area contributed by atoms with Crippen molar-refractivity contribution in [3.63, 3.8) is 0 Å². The summed E-state index contributed by atoms with van der Waals surface area (Å²) in [7, 11) is -1.88. The second-order valence-electron chi connectivity index (χ2n) is 16.0. The Morgan fingerprint density at radius 3 is 2.13 bits per heavy atom. The highest BCUT2D eigenvalue weighted by molar-refractivity contribution is 7.89. The van der Waals surface area contributed by atoms with Gasteiger partial charge in [-0.3, -0.25) is 19.2 Å². The van der Waals surface area contributed by atoms with Crippen LogP contribution in [-0.4, -0.2) is 103 Å². The van der Waals surface area contributed by atoms with Crippen molar-refractivity contribution in [3.05, 3.63) is 24.3 Å². The molecule has 53 heavy (non-hydrogen) atoms. The molecular weight excluding hydrogens is 697 g/mol. The predicted molar refractivity (Wildman–Crippen MR) is 209 cm³/mol. The van der Waals surface area contributed by atoms with E-state index in [9.17, 15) is 27.6 Å². The van der Waals surface area contributed by atoms with Crippen molar-refractivity contribution in [1.82, 2.24) is 30.5 Å². The number of carbonyl (C=O) groups excluding carboxylic acids is 5. The first kappa shape index (κ1) is 45.9. The largest absolute Gasteiger partial charge is 0.346 e. The molecule has 0 aromatic carbocycles. The summed E-state index contributed by atoms with van der Waals surface area (Å²) in [6, 6.07) is -2.97. The Morgan fingerprint density at radius 1 is 0.962 bits per heavy atom. The van der Waals surface area contributed by atoms with Gasteiger partial charge in [-0.1, -0.05) is 78.0 Å². The van der Waals surface area contributed by atoms with E-state index >= 15 is 4.79 Å². The molecule has 2 aliphatic rings. The van der Waals surface area contributed by atoms with E-state index < -0.39 is 62.7 Å². The smallest absolute Gasteiger partial charge is 0.315 e. The average molecular weight is 765 g/mol. The van der Waals surface area contributed by atoms with Gasteiger partial charge in [-0.15, -0.1) is 6.58 Å². The van der Waals surface area contributed by atoms with Crippen molar-refractivity contribution in [2.75, 3.05) is 32.4 Å². The Kier molecular flexibility index (Phi) is 17.7. The van der Waals surface area contributed by atoms with Gasteiger partial charge in [0.25, 0.3) is 5.91 Å². The van der Waals surface area contributed by atoms with Crippen LogP contribution in [0.5, 0.6) is 0 Å². The van der Waals surface area contributed by atoms with Gasteiger partial charge in [0.15, 0.2) is 0 Å². The van der Waals surface area contributed by atoms with Crippen LogP contribution in [0.1, 0.15) is 120 Å².